The maximum Gasteiger partial charge on any atom is 0.308 e. The molecule has 1 amide bonds. The number of esters is 1. The van der Waals surface area contributed by atoms with E-state index >= 15 is 0 Å². The summed E-state index contributed by atoms with van der Waals surface area (Å²) in [5.41, 5.74) is 1.10. The Morgan fingerprint density at radius 2 is 1.79 bits per heavy atom. The standard InChI is InChI=1S/C21H30N2O5/c1-26-16-6-7-17(19(13-16)27-2)18-5-4-10-23(18)14-20(24)22-11-8-15(9-12-22)21(25)28-3/h6-7,13,15,18H,4-5,8-12,14H2,1-3H3/t18-/m1/s1. The fraction of sp³-hybridized carbons (Fsp3) is 0.619. The summed E-state index contributed by atoms with van der Waals surface area (Å²) < 4.78 is 15.7. The Bertz CT molecular complexity index is 700. The van der Waals surface area contributed by atoms with Gasteiger partial charge in [-0.2, -0.15) is 0 Å². The van der Waals surface area contributed by atoms with Gasteiger partial charge < -0.3 is 19.1 Å². The number of carbonyl (C=O) groups excluding carboxylic acids is 2. The Kier molecular flexibility index (Phi) is 6.78. The minimum absolute atomic E-state index is 0.0860. The molecule has 0 saturated carbocycles. The van der Waals surface area contributed by atoms with Crippen LogP contribution < -0.4 is 9.47 Å². The highest BCUT2D eigenvalue weighted by molar-refractivity contribution is 5.79. The summed E-state index contributed by atoms with van der Waals surface area (Å²) in [6.45, 7) is 2.51. The highest BCUT2D eigenvalue weighted by atomic mass is 16.5. The maximum atomic E-state index is 12.8. The number of carbonyl (C=O) groups is 2. The van der Waals surface area contributed by atoms with Crippen LogP contribution in [-0.2, 0) is 14.3 Å². The molecular formula is C21H30N2O5. The van der Waals surface area contributed by atoms with Gasteiger partial charge in [-0.05, 0) is 38.3 Å². The third-order valence-corrected chi connectivity index (χ3v) is 5.88. The minimum atomic E-state index is -0.168. The first kappa shape index (κ1) is 20.5. The zero-order valence-electron chi connectivity index (χ0n) is 17.0. The van der Waals surface area contributed by atoms with Gasteiger partial charge in [0.05, 0.1) is 33.8 Å². The Hall–Kier alpha value is -2.28. The summed E-state index contributed by atoms with van der Waals surface area (Å²) in [7, 11) is 4.72. The molecule has 2 aliphatic heterocycles. The summed E-state index contributed by atoms with van der Waals surface area (Å²) in [4.78, 5) is 28.6. The third-order valence-electron chi connectivity index (χ3n) is 5.88. The Morgan fingerprint density at radius 1 is 1.04 bits per heavy atom. The minimum Gasteiger partial charge on any atom is -0.497 e. The maximum absolute atomic E-state index is 12.8. The van der Waals surface area contributed by atoms with Crippen LogP contribution in [0.5, 0.6) is 11.5 Å². The zero-order valence-corrected chi connectivity index (χ0v) is 17.0. The highest BCUT2D eigenvalue weighted by Crippen LogP contribution is 2.38. The van der Waals surface area contributed by atoms with Crippen LogP contribution in [0.3, 0.4) is 0 Å². The number of hydrogen-bond acceptors (Lipinski definition) is 6. The van der Waals surface area contributed by atoms with E-state index in [9.17, 15) is 9.59 Å². The van der Waals surface area contributed by atoms with Crippen molar-refractivity contribution in [2.24, 2.45) is 5.92 Å². The van der Waals surface area contributed by atoms with Gasteiger partial charge in [-0.1, -0.05) is 6.07 Å². The van der Waals surface area contributed by atoms with Crippen molar-refractivity contribution in [1.29, 1.82) is 0 Å². The largest absolute Gasteiger partial charge is 0.497 e. The second-order valence-corrected chi connectivity index (χ2v) is 7.41. The second kappa shape index (κ2) is 9.28. The van der Waals surface area contributed by atoms with E-state index in [0.29, 0.717) is 32.5 Å². The lowest BCUT2D eigenvalue weighted by Gasteiger charge is -2.33. The van der Waals surface area contributed by atoms with Crippen molar-refractivity contribution in [2.75, 3.05) is 47.5 Å². The topological polar surface area (TPSA) is 68.3 Å². The summed E-state index contributed by atoms with van der Waals surface area (Å²) in [6.07, 6.45) is 3.40. The number of nitrogens with zero attached hydrogens (tertiary/aromatic N) is 2. The van der Waals surface area contributed by atoms with Crippen LogP contribution in [0.25, 0.3) is 0 Å². The quantitative estimate of drug-likeness (QED) is 0.694. The lowest BCUT2D eigenvalue weighted by atomic mass is 9.97. The van der Waals surface area contributed by atoms with Crippen molar-refractivity contribution in [3.63, 3.8) is 0 Å². The van der Waals surface area contributed by atoms with Gasteiger partial charge in [0.15, 0.2) is 0 Å². The zero-order chi connectivity index (χ0) is 20.1. The van der Waals surface area contributed by atoms with Gasteiger partial charge in [-0.25, -0.2) is 0 Å². The van der Waals surface area contributed by atoms with Gasteiger partial charge in [-0.15, -0.1) is 0 Å². The number of piperidine rings is 1. The molecule has 0 aromatic heterocycles. The predicted molar refractivity (Wildman–Crippen MR) is 104 cm³/mol. The Balaban J connectivity index is 1.63. The molecule has 2 heterocycles. The van der Waals surface area contributed by atoms with Crippen molar-refractivity contribution in [2.45, 2.75) is 31.7 Å². The van der Waals surface area contributed by atoms with Crippen molar-refractivity contribution in [3.05, 3.63) is 23.8 Å². The molecule has 3 rings (SSSR count). The first-order valence-corrected chi connectivity index (χ1v) is 9.89. The first-order valence-electron chi connectivity index (χ1n) is 9.89. The summed E-state index contributed by atoms with van der Waals surface area (Å²) in [6, 6.07) is 6.03. The normalized spacial score (nSPS) is 20.8. The monoisotopic (exact) mass is 390 g/mol. The summed E-state index contributed by atoms with van der Waals surface area (Å²) >= 11 is 0. The predicted octanol–water partition coefficient (Wildman–Crippen LogP) is 2.25. The van der Waals surface area contributed by atoms with E-state index in [1.54, 1.807) is 14.2 Å². The van der Waals surface area contributed by atoms with Gasteiger partial charge in [0, 0.05) is 30.8 Å². The molecule has 1 aromatic rings. The molecule has 0 spiro atoms. The van der Waals surface area contributed by atoms with Crippen LogP contribution in [0.4, 0.5) is 0 Å². The molecule has 0 aliphatic carbocycles. The molecule has 2 fully saturated rings. The summed E-state index contributed by atoms with van der Waals surface area (Å²) in [5.74, 6) is 1.43. The fourth-order valence-corrected chi connectivity index (χ4v) is 4.27. The lowest BCUT2D eigenvalue weighted by molar-refractivity contribution is -0.149. The van der Waals surface area contributed by atoms with Gasteiger partial charge in [0.2, 0.25) is 5.91 Å². The fourth-order valence-electron chi connectivity index (χ4n) is 4.27. The van der Waals surface area contributed by atoms with Crippen LogP contribution in [0.2, 0.25) is 0 Å². The van der Waals surface area contributed by atoms with Crippen LogP contribution in [0.1, 0.15) is 37.3 Å². The van der Waals surface area contributed by atoms with Crippen molar-refractivity contribution >= 4 is 11.9 Å². The van der Waals surface area contributed by atoms with Crippen LogP contribution >= 0.6 is 0 Å². The smallest absolute Gasteiger partial charge is 0.308 e. The average Bonchev–Trinajstić information content (AvgIpc) is 3.20. The molecule has 2 aliphatic rings. The Morgan fingerprint density at radius 3 is 2.43 bits per heavy atom. The average molecular weight is 390 g/mol. The molecule has 0 unspecified atom stereocenters. The number of benzene rings is 1. The molecule has 2 saturated heterocycles. The Labute approximate surface area is 166 Å². The molecule has 1 atom stereocenters. The number of amides is 1. The SMILES string of the molecule is COC(=O)C1CCN(C(=O)CN2CCC[C@@H]2c2ccc(OC)cc2OC)CC1. The third kappa shape index (κ3) is 4.41. The van der Waals surface area contributed by atoms with Crippen molar-refractivity contribution in [1.82, 2.24) is 9.80 Å². The van der Waals surface area contributed by atoms with Gasteiger partial charge in [0.1, 0.15) is 11.5 Å². The molecule has 1 aromatic carbocycles. The van der Waals surface area contributed by atoms with E-state index in [4.69, 9.17) is 14.2 Å². The van der Waals surface area contributed by atoms with Gasteiger partial charge in [-0.3, -0.25) is 14.5 Å². The number of methoxy groups -OCH3 is 3. The van der Waals surface area contributed by atoms with Gasteiger partial charge >= 0.3 is 5.97 Å². The van der Waals surface area contributed by atoms with Crippen LogP contribution in [0.15, 0.2) is 18.2 Å². The number of rotatable bonds is 6. The number of hydrogen-bond donors (Lipinski definition) is 0. The van der Waals surface area contributed by atoms with E-state index in [2.05, 4.69) is 4.90 Å². The first-order chi connectivity index (χ1) is 13.6. The molecule has 7 heteroatoms. The van der Waals surface area contributed by atoms with E-state index in [0.717, 1.165) is 36.4 Å². The van der Waals surface area contributed by atoms with E-state index in [1.165, 1.54) is 7.11 Å². The van der Waals surface area contributed by atoms with Crippen LogP contribution in [-0.4, -0.2) is 69.2 Å². The molecule has 7 nitrogen and oxygen atoms in total. The van der Waals surface area contributed by atoms with E-state index in [1.807, 2.05) is 23.1 Å². The number of ether oxygens (including phenoxy) is 3. The van der Waals surface area contributed by atoms with Crippen molar-refractivity contribution < 1.29 is 23.8 Å². The molecule has 0 N–H and O–H groups in total. The lowest BCUT2D eigenvalue weighted by Crippen LogP contribution is -2.45. The van der Waals surface area contributed by atoms with Gasteiger partial charge in [0.25, 0.3) is 0 Å². The van der Waals surface area contributed by atoms with E-state index in [-0.39, 0.29) is 23.8 Å². The second-order valence-electron chi connectivity index (χ2n) is 7.41. The highest BCUT2D eigenvalue weighted by Gasteiger charge is 2.33. The molecular weight excluding hydrogens is 360 g/mol. The molecule has 0 radical (unpaired) electrons. The summed E-state index contributed by atoms with van der Waals surface area (Å²) in [5, 5.41) is 0. The van der Waals surface area contributed by atoms with Crippen molar-refractivity contribution in [3.8, 4) is 11.5 Å². The number of likely N-dealkylation sites (tertiary alicyclic amines) is 2. The molecule has 154 valence electrons. The molecule has 0 bridgehead atoms. The molecule has 28 heavy (non-hydrogen) atoms. The van der Waals surface area contributed by atoms with E-state index < -0.39 is 0 Å². The van der Waals surface area contributed by atoms with Crippen LogP contribution in [0, 0.1) is 5.92 Å².